The number of hydrogen-bond acceptors (Lipinski definition) is 5. The number of hydrogen-bond donors (Lipinski definition) is 1. The Kier molecular flexibility index (Phi) is 5.05. The zero-order valence-corrected chi connectivity index (χ0v) is 14.8. The maximum atomic E-state index is 5.37. The highest BCUT2D eigenvalue weighted by atomic mass is 79.9. The van der Waals surface area contributed by atoms with Gasteiger partial charge in [0.2, 0.25) is 5.13 Å². The minimum atomic E-state index is 0.735. The lowest BCUT2D eigenvalue weighted by molar-refractivity contribution is 0.416. The fourth-order valence-electron chi connectivity index (χ4n) is 2.02. The molecule has 0 amide bonds. The minimum absolute atomic E-state index is 0.735. The molecule has 4 nitrogen and oxygen atoms in total. The third kappa shape index (κ3) is 3.97. The number of benzene rings is 2. The Labute approximate surface area is 147 Å². The Morgan fingerprint density at radius 1 is 1.17 bits per heavy atom. The van der Waals surface area contributed by atoms with Crippen LogP contribution in [0.4, 0.5) is 5.13 Å². The molecule has 2 aromatic carbocycles. The predicted molar refractivity (Wildman–Crippen MR) is 99.5 cm³/mol. The van der Waals surface area contributed by atoms with Crippen molar-refractivity contribution in [1.82, 2.24) is 4.98 Å². The van der Waals surface area contributed by atoms with E-state index in [1.165, 1.54) is 11.3 Å². The van der Waals surface area contributed by atoms with Gasteiger partial charge in [0, 0.05) is 15.4 Å². The summed E-state index contributed by atoms with van der Waals surface area (Å²) in [7, 11) is 1.66. The molecule has 0 radical (unpaired) electrons. The van der Waals surface area contributed by atoms with E-state index >= 15 is 0 Å². The highest BCUT2D eigenvalue weighted by molar-refractivity contribution is 9.10. The molecule has 1 heterocycles. The molecule has 0 bridgehead atoms. The summed E-state index contributed by atoms with van der Waals surface area (Å²) in [5, 5.41) is 6.93. The smallest absolute Gasteiger partial charge is 0.203 e. The van der Waals surface area contributed by atoms with Crippen LogP contribution in [0.1, 0.15) is 5.56 Å². The number of nitrogens with zero attached hydrogens (tertiary/aromatic N) is 2. The van der Waals surface area contributed by atoms with Crippen LogP contribution in [0.5, 0.6) is 5.75 Å². The van der Waals surface area contributed by atoms with Crippen LogP contribution in [0.2, 0.25) is 0 Å². The van der Waals surface area contributed by atoms with Crippen molar-refractivity contribution in [3.8, 4) is 17.0 Å². The molecule has 3 rings (SSSR count). The van der Waals surface area contributed by atoms with Crippen LogP contribution in [-0.4, -0.2) is 18.3 Å². The minimum Gasteiger partial charge on any atom is -0.496 e. The Bertz CT molecular complexity index is 815. The van der Waals surface area contributed by atoms with Crippen molar-refractivity contribution in [2.45, 2.75) is 0 Å². The van der Waals surface area contributed by atoms with Crippen molar-refractivity contribution in [1.29, 1.82) is 0 Å². The van der Waals surface area contributed by atoms with E-state index in [0.29, 0.717) is 0 Å². The van der Waals surface area contributed by atoms with Crippen molar-refractivity contribution < 1.29 is 4.74 Å². The van der Waals surface area contributed by atoms with Gasteiger partial charge in [-0.25, -0.2) is 4.98 Å². The van der Waals surface area contributed by atoms with Crippen LogP contribution in [0.25, 0.3) is 11.3 Å². The number of thiazole rings is 1. The summed E-state index contributed by atoms with van der Waals surface area (Å²) in [6.07, 6.45) is 1.76. The molecule has 0 aliphatic carbocycles. The molecule has 6 heteroatoms. The first-order chi connectivity index (χ1) is 11.3. The van der Waals surface area contributed by atoms with Crippen LogP contribution in [0, 0.1) is 0 Å². The maximum absolute atomic E-state index is 5.37. The van der Waals surface area contributed by atoms with Crippen molar-refractivity contribution in [3.05, 3.63) is 63.9 Å². The van der Waals surface area contributed by atoms with Crippen LogP contribution in [0.3, 0.4) is 0 Å². The molecule has 0 aliphatic heterocycles. The number of rotatable bonds is 5. The zero-order chi connectivity index (χ0) is 16.1. The second-order valence-electron chi connectivity index (χ2n) is 4.66. The summed E-state index contributed by atoms with van der Waals surface area (Å²) in [5.41, 5.74) is 5.81. The summed E-state index contributed by atoms with van der Waals surface area (Å²) < 4.78 is 6.41. The molecule has 23 heavy (non-hydrogen) atoms. The molecule has 116 valence electrons. The summed E-state index contributed by atoms with van der Waals surface area (Å²) in [5.74, 6) is 0.808. The van der Waals surface area contributed by atoms with Gasteiger partial charge in [0.25, 0.3) is 0 Å². The van der Waals surface area contributed by atoms with E-state index < -0.39 is 0 Å². The fraction of sp³-hybridized carbons (Fsp3) is 0.0588. The quantitative estimate of drug-likeness (QED) is 0.493. The highest BCUT2D eigenvalue weighted by Gasteiger charge is 2.08. The van der Waals surface area contributed by atoms with Gasteiger partial charge in [0.15, 0.2) is 0 Å². The molecule has 1 N–H and O–H groups in total. The average Bonchev–Trinajstić information content (AvgIpc) is 3.05. The van der Waals surface area contributed by atoms with Gasteiger partial charge < -0.3 is 4.74 Å². The molecule has 0 saturated carbocycles. The van der Waals surface area contributed by atoms with E-state index in [-0.39, 0.29) is 0 Å². The van der Waals surface area contributed by atoms with Crippen LogP contribution >= 0.6 is 27.3 Å². The monoisotopic (exact) mass is 387 g/mol. The molecule has 0 saturated heterocycles. The zero-order valence-electron chi connectivity index (χ0n) is 12.4. The van der Waals surface area contributed by atoms with Gasteiger partial charge in [-0.15, -0.1) is 11.3 Å². The first-order valence-corrected chi connectivity index (χ1v) is 8.57. The second kappa shape index (κ2) is 7.39. The Balaban J connectivity index is 1.71. The van der Waals surface area contributed by atoms with Gasteiger partial charge in [-0.2, -0.15) is 5.10 Å². The highest BCUT2D eigenvalue weighted by Crippen LogP contribution is 2.31. The van der Waals surface area contributed by atoms with Gasteiger partial charge in [-0.3, -0.25) is 5.43 Å². The van der Waals surface area contributed by atoms with Gasteiger partial charge in [-0.05, 0) is 29.8 Å². The summed E-state index contributed by atoms with van der Waals surface area (Å²) in [6, 6.07) is 15.7. The van der Waals surface area contributed by atoms with Crippen molar-refractivity contribution in [3.63, 3.8) is 0 Å². The van der Waals surface area contributed by atoms with E-state index in [9.17, 15) is 0 Å². The standard InChI is InChI=1S/C17H14BrN3OS/c1-22-16-5-3-2-4-14(16)15-11-23-17(20-15)21-19-10-12-6-8-13(18)9-7-12/h2-11H,1H3,(H,20,21)/b19-10-. The van der Waals surface area contributed by atoms with E-state index in [4.69, 9.17) is 4.74 Å². The van der Waals surface area contributed by atoms with Gasteiger partial charge in [0.1, 0.15) is 5.75 Å². The number of anilines is 1. The normalized spacial score (nSPS) is 10.9. The summed E-state index contributed by atoms with van der Waals surface area (Å²) in [6.45, 7) is 0. The molecular formula is C17H14BrN3OS. The summed E-state index contributed by atoms with van der Waals surface area (Å²) >= 11 is 4.91. The first-order valence-electron chi connectivity index (χ1n) is 6.90. The molecule has 1 aromatic heterocycles. The van der Waals surface area contributed by atoms with E-state index in [1.807, 2.05) is 53.9 Å². The van der Waals surface area contributed by atoms with Gasteiger partial charge >= 0.3 is 0 Å². The molecular weight excluding hydrogens is 374 g/mol. The number of hydrazone groups is 1. The van der Waals surface area contributed by atoms with Crippen LogP contribution in [0.15, 0.2) is 63.5 Å². The number of aromatic nitrogens is 1. The second-order valence-corrected chi connectivity index (χ2v) is 6.43. The Morgan fingerprint density at radius 2 is 1.96 bits per heavy atom. The lowest BCUT2D eigenvalue weighted by Gasteiger charge is -2.04. The molecule has 0 aliphatic rings. The Hall–Kier alpha value is -2.18. The van der Waals surface area contributed by atoms with Crippen LogP contribution in [-0.2, 0) is 0 Å². The largest absolute Gasteiger partial charge is 0.496 e. The lowest BCUT2D eigenvalue weighted by atomic mass is 10.1. The van der Waals surface area contributed by atoms with E-state index in [1.54, 1.807) is 13.3 Å². The topological polar surface area (TPSA) is 46.5 Å². The third-order valence-electron chi connectivity index (χ3n) is 3.13. The third-order valence-corrected chi connectivity index (χ3v) is 4.41. The summed E-state index contributed by atoms with van der Waals surface area (Å²) in [4.78, 5) is 4.54. The van der Waals surface area contributed by atoms with E-state index in [2.05, 4.69) is 31.4 Å². The number of nitrogens with one attached hydrogen (secondary N) is 1. The Morgan fingerprint density at radius 3 is 2.74 bits per heavy atom. The average molecular weight is 388 g/mol. The molecule has 0 spiro atoms. The van der Waals surface area contributed by atoms with Crippen LogP contribution < -0.4 is 10.2 Å². The number of methoxy groups -OCH3 is 1. The predicted octanol–water partition coefficient (Wildman–Crippen LogP) is 5.03. The molecule has 0 unspecified atom stereocenters. The van der Waals surface area contributed by atoms with Crippen molar-refractivity contribution in [2.75, 3.05) is 12.5 Å². The van der Waals surface area contributed by atoms with Crippen molar-refractivity contribution in [2.24, 2.45) is 5.10 Å². The molecule has 0 atom stereocenters. The maximum Gasteiger partial charge on any atom is 0.203 e. The first kappa shape index (κ1) is 15.7. The van der Waals surface area contributed by atoms with E-state index in [0.717, 1.165) is 32.2 Å². The number of ether oxygens (including phenoxy) is 1. The molecule has 3 aromatic rings. The SMILES string of the molecule is COc1ccccc1-c1csc(N/N=C\c2ccc(Br)cc2)n1. The number of para-hydroxylation sites is 1. The number of halogens is 1. The van der Waals surface area contributed by atoms with Gasteiger partial charge in [-0.1, -0.05) is 40.2 Å². The molecule has 0 fully saturated rings. The van der Waals surface area contributed by atoms with Crippen molar-refractivity contribution >= 4 is 38.6 Å². The lowest BCUT2D eigenvalue weighted by Crippen LogP contribution is -1.91. The fourth-order valence-corrected chi connectivity index (χ4v) is 2.94. The van der Waals surface area contributed by atoms with Gasteiger partial charge in [0.05, 0.1) is 19.0 Å².